The fraction of sp³-hybridized carbons (Fsp3) is 0.136. The summed E-state index contributed by atoms with van der Waals surface area (Å²) in [5.74, 6) is -1.64. The van der Waals surface area contributed by atoms with Gasteiger partial charge in [0.2, 0.25) is 0 Å². The maximum Gasteiger partial charge on any atom is 0.255 e. The van der Waals surface area contributed by atoms with Crippen LogP contribution in [0.3, 0.4) is 0 Å². The Morgan fingerprint density at radius 1 is 1.10 bits per heavy atom. The molecule has 3 heterocycles. The Morgan fingerprint density at radius 2 is 1.97 bits per heavy atom. The minimum atomic E-state index is -0.710. The van der Waals surface area contributed by atoms with Gasteiger partial charge in [-0.25, -0.2) is 13.8 Å². The van der Waals surface area contributed by atoms with Crippen molar-refractivity contribution in [1.82, 2.24) is 25.6 Å². The van der Waals surface area contributed by atoms with E-state index < -0.39 is 11.6 Å². The number of rotatable bonds is 7. The molecule has 0 atom stereocenters. The van der Waals surface area contributed by atoms with Gasteiger partial charge in [0.25, 0.3) is 5.91 Å². The van der Waals surface area contributed by atoms with E-state index in [1.54, 1.807) is 31.6 Å². The molecule has 1 amide bonds. The van der Waals surface area contributed by atoms with Crippen molar-refractivity contribution in [3.8, 4) is 11.3 Å². The summed E-state index contributed by atoms with van der Waals surface area (Å²) in [6.07, 6.45) is 4.77. The van der Waals surface area contributed by atoms with Crippen LogP contribution in [0.15, 0.2) is 55.0 Å². The predicted molar refractivity (Wildman–Crippen MR) is 115 cm³/mol. The highest BCUT2D eigenvalue weighted by molar-refractivity contribution is 6.02. The summed E-state index contributed by atoms with van der Waals surface area (Å²) in [5.41, 5.74) is 2.53. The van der Waals surface area contributed by atoms with E-state index in [0.29, 0.717) is 41.4 Å². The van der Waals surface area contributed by atoms with Crippen LogP contribution in [0.4, 0.5) is 20.2 Å². The second kappa shape index (κ2) is 8.88. The van der Waals surface area contributed by atoms with Gasteiger partial charge in [0, 0.05) is 48.7 Å². The molecule has 0 radical (unpaired) electrons. The number of aromatic nitrogens is 3. The largest absolute Gasteiger partial charge is 0.354 e. The number of nitrogens with one attached hydrogen (secondary N) is 4. The van der Waals surface area contributed by atoms with Crippen LogP contribution in [0, 0.1) is 11.6 Å². The first-order valence-corrected chi connectivity index (χ1v) is 9.64. The summed E-state index contributed by atoms with van der Waals surface area (Å²) in [6.45, 7) is 1.10. The predicted octanol–water partition coefficient (Wildman–Crippen LogP) is 3.60. The Hall–Kier alpha value is -3.85. The number of hydrogen-bond donors (Lipinski definition) is 4. The number of aromatic amines is 1. The third kappa shape index (κ3) is 4.36. The average Bonchev–Trinajstić information content (AvgIpc) is 3.23. The molecular weight excluding hydrogens is 402 g/mol. The quantitative estimate of drug-likeness (QED) is 0.342. The molecule has 4 N–H and O–H groups in total. The molecule has 0 unspecified atom stereocenters. The zero-order chi connectivity index (χ0) is 21.8. The summed E-state index contributed by atoms with van der Waals surface area (Å²) < 4.78 is 27.7. The molecule has 158 valence electrons. The van der Waals surface area contributed by atoms with Crippen LogP contribution in [0.2, 0.25) is 0 Å². The van der Waals surface area contributed by atoms with E-state index in [4.69, 9.17) is 0 Å². The number of halogens is 2. The third-order valence-corrected chi connectivity index (χ3v) is 4.73. The molecule has 4 rings (SSSR count). The molecule has 0 aliphatic carbocycles. The molecule has 1 aromatic carbocycles. The van der Waals surface area contributed by atoms with Gasteiger partial charge in [-0.1, -0.05) is 0 Å². The Balaban J connectivity index is 1.73. The lowest BCUT2D eigenvalue weighted by Gasteiger charge is -2.14. The van der Waals surface area contributed by atoms with Crippen LogP contribution >= 0.6 is 0 Å². The number of fused-ring (bicyclic) bond motifs is 1. The lowest BCUT2D eigenvalue weighted by molar-refractivity contribution is 0.0954. The van der Waals surface area contributed by atoms with Gasteiger partial charge in [-0.15, -0.1) is 0 Å². The Morgan fingerprint density at radius 3 is 2.77 bits per heavy atom. The van der Waals surface area contributed by atoms with Crippen LogP contribution in [-0.4, -0.2) is 41.0 Å². The summed E-state index contributed by atoms with van der Waals surface area (Å²) in [7, 11) is 1.80. The van der Waals surface area contributed by atoms with Gasteiger partial charge < -0.3 is 20.9 Å². The summed E-state index contributed by atoms with van der Waals surface area (Å²) >= 11 is 0. The Kier molecular flexibility index (Phi) is 5.85. The minimum absolute atomic E-state index is 0.167. The van der Waals surface area contributed by atoms with Crippen molar-refractivity contribution in [3.05, 3.63) is 72.2 Å². The van der Waals surface area contributed by atoms with Gasteiger partial charge in [0.05, 0.1) is 22.6 Å². The second-order valence-electron chi connectivity index (χ2n) is 6.82. The van der Waals surface area contributed by atoms with Crippen molar-refractivity contribution in [2.45, 2.75) is 0 Å². The Bertz CT molecular complexity index is 1240. The second-order valence-corrected chi connectivity index (χ2v) is 6.82. The van der Waals surface area contributed by atoms with Gasteiger partial charge in [-0.2, -0.15) is 0 Å². The highest BCUT2D eigenvalue weighted by Crippen LogP contribution is 2.32. The first-order valence-electron chi connectivity index (χ1n) is 9.64. The van der Waals surface area contributed by atoms with Crippen molar-refractivity contribution in [2.75, 3.05) is 25.5 Å². The van der Waals surface area contributed by atoms with Crippen LogP contribution in [0.5, 0.6) is 0 Å². The van der Waals surface area contributed by atoms with Crippen molar-refractivity contribution in [2.24, 2.45) is 0 Å². The molecule has 9 heteroatoms. The standard InChI is InChI=1S/C22H20F2N6O/c1-25-8-9-28-22(31)16-12-26-6-5-18(16)29-20-11-19(30-21-15(20)4-7-27-21)14-3-2-13(23)10-17(14)24/h2-7,10-12,25H,8-9H2,1H3,(H,28,31)(H2,26,27,29,30). The van der Waals surface area contributed by atoms with E-state index in [1.807, 2.05) is 6.07 Å². The summed E-state index contributed by atoms with van der Waals surface area (Å²) in [4.78, 5) is 24.1. The Labute approximate surface area is 176 Å². The van der Waals surface area contributed by atoms with Crippen molar-refractivity contribution < 1.29 is 13.6 Å². The van der Waals surface area contributed by atoms with Crippen LogP contribution < -0.4 is 16.0 Å². The number of hydrogen-bond acceptors (Lipinski definition) is 5. The molecule has 0 bridgehead atoms. The normalized spacial score (nSPS) is 10.9. The smallest absolute Gasteiger partial charge is 0.255 e. The van der Waals surface area contributed by atoms with E-state index in [2.05, 4.69) is 30.9 Å². The lowest BCUT2D eigenvalue weighted by Crippen LogP contribution is -2.30. The van der Waals surface area contributed by atoms with Crippen LogP contribution in [0.1, 0.15) is 10.4 Å². The average molecular weight is 422 g/mol. The SMILES string of the molecule is CNCCNC(=O)c1cnccc1Nc1cc(-c2ccc(F)cc2F)nc2[nH]ccc12. The fourth-order valence-electron chi connectivity index (χ4n) is 3.20. The molecule has 31 heavy (non-hydrogen) atoms. The maximum atomic E-state index is 14.4. The number of benzene rings is 1. The van der Waals surface area contributed by atoms with E-state index in [-0.39, 0.29) is 11.5 Å². The number of pyridine rings is 2. The molecule has 0 saturated carbocycles. The van der Waals surface area contributed by atoms with Gasteiger partial charge >= 0.3 is 0 Å². The fourth-order valence-corrected chi connectivity index (χ4v) is 3.20. The lowest BCUT2D eigenvalue weighted by atomic mass is 10.1. The van der Waals surface area contributed by atoms with Crippen LogP contribution in [-0.2, 0) is 0 Å². The van der Waals surface area contributed by atoms with Crippen molar-refractivity contribution in [3.63, 3.8) is 0 Å². The van der Waals surface area contributed by atoms with Gasteiger partial charge in [-0.3, -0.25) is 9.78 Å². The minimum Gasteiger partial charge on any atom is -0.354 e. The number of carbonyl (C=O) groups is 1. The molecular formula is C22H20F2N6O. The first kappa shape index (κ1) is 20.4. The van der Waals surface area contributed by atoms with E-state index >= 15 is 0 Å². The highest BCUT2D eigenvalue weighted by Gasteiger charge is 2.16. The molecule has 0 aliphatic rings. The zero-order valence-corrected chi connectivity index (χ0v) is 16.7. The maximum absolute atomic E-state index is 14.4. The number of amides is 1. The van der Waals surface area contributed by atoms with E-state index in [9.17, 15) is 13.6 Å². The highest BCUT2D eigenvalue weighted by atomic mass is 19.1. The molecule has 0 fully saturated rings. The molecule has 3 aromatic heterocycles. The monoisotopic (exact) mass is 422 g/mol. The van der Waals surface area contributed by atoms with Gasteiger partial charge in [0.15, 0.2) is 0 Å². The number of anilines is 2. The summed E-state index contributed by atoms with van der Waals surface area (Å²) in [5, 5.41) is 9.78. The third-order valence-electron chi connectivity index (χ3n) is 4.73. The summed E-state index contributed by atoms with van der Waals surface area (Å²) in [6, 6.07) is 8.52. The van der Waals surface area contributed by atoms with E-state index in [1.165, 1.54) is 18.3 Å². The number of nitrogens with zero attached hydrogens (tertiary/aromatic N) is 2. The molecule has 4 aromatic rings. The van der Waals surface area contributed by atoms with Gasteiger partial charge in [0.1, 0.15) is 17.3 Å². The number of likely N-dealkylation sites (N-methyl/N-ethyl adjacent to an activating group) is 1. The van der Waals surface area contributed by atoms with Crippen LogP contribution in [0.25, 0.3) is 22.3 Å². The molecule has 0 saturated heterocycles. The zero-order valence-electron chi connectivity index (χ0n) is 16.7. The molecule has 0 spiro atoms. The van der Waals surface area contributed by atoms with Crippen molar-refractivity contribution >= 4 is 28.3 Å². The van der Waals surface area contributed by atoms with Gasteiger partial charge in [-0.05, 0) is 37.4 Å². The first-order chi connectivity index (χ1) is 15.1. The topological polar surface area (TPSA) is 94.7 Å². The van der Waals surface area contributed by atoms with E-state index in [0.717, 1.165) is 11.5 Å². The van der Waals surface area contributed by atoms with Crippen molar-refractivity contribution in [1.29, 1.82) is 0 Å². The number of carbonyl (C=O) groups excluding carboxylic acids is 1. The number of H-pyrrole nitrogens is 1. The molecule has 0 aliphatic heterocycles. The molecule has 7 nitrogen and oxygen atoms in total.